The molecule has 2 aliphatic heterocycles. The van der Waals surface area contributed by atoms with Gasteiger partial charge < -0.3 is 5.11 Å². The van der Waals surface area contributed by atoms with Crippen molar-refractivity contribution in [1.82, 2.24) is 4.90 Å². The number of fused-ring (bicyclic) bond motifs is 1. The number of rotatable bonds is 2. The Morgan fingerprint density at radius 3 is 3.08 bits per heavy atom. The van der Waals surface area contributed by atoms with Crippen molar-refractivity contribution in [1.29, 1.82) is 0 Å². The Morgan fingerprint density at radius 2 is 2.50 bits per heavy atom. The molecule has 2 rings (SSSR count). The van der Waals surface area contributed by atoms with Crippen molar-refractivity contribution in [2.45, 2.75) is 30.1 Å². The van der Waals surface area contributed by atoms with Gasteiger partial charge in [0.05, 0.1) is 6.61 Å². The van der Waals surface area contributed by atoms with Crippen LogP contribution in [0, 0.1) is 0 Å². The van der Waals surface area contributed by atoms with Crippen molar-refractivity contribution >= 4 is 11.8 Å². The summed E-state index contributed by atoms with van der Waals surface area (Å²) in [5.41, 5.74) is 0.188. The summed E-state index contributed by atoms with van der Waals surface area (Å²) in [7, 11) is 0. The van der Waals surface area contributed by atoms with Crippen molar-refractivity contribution < 1.29 is 5.11 Å². The lowest BCUT2D eigenvalue weighted by Crippen LogP contribution is -2.41. The standard InChI is InChI=1S/C9H17NOS/c1-12-8-5-9(7-11)3-2-4-10(9)6-8/h8,11H,2-7H2,1H3/t8-,9+/m0/s1. The molecule has 12 heavy (non-hydrogen) atoms. The van der Waals surface area contributed by atoms with Crippen LogP contribution in [0.15, 0.2) is 0 Å². The predicted molar refractivity (Wildman–Crippen MR) is 52.5 cm³/mol. The third-order valence-electron chi connectivity index (χ3n) is 3.40. The van der Waals surface area contributed by atoms with Gasteiger partial charge in [-0.05, 0) is 32.1 Å². The minimum atomic E-state index is 0.188. The van der Waals surface area contributed by atoms with Crippen LogP contribution in [0.4, 0.5) is 0 Å². The van der Waals surface area contributed by atoms with Gasteiger partial charge in [0.15, 0.2) is 0 Å². The van der Waals surface area contributed by atoms with Gasteiger partial charge in [-0.25, -0.2) is 0 Å². The average Bonchev–Trinajstić information content (AvgIpc) is 2.58. The lowest BCUT2D eigenvalue weighted by molar-refractivity contribution is 0.0999. The Morgan fingerprint density at radius 1 is 1.67 bits per heavy atom. The fraction of sp³-hybridized carbons (Fsp3) is 1.00. The molecule has 2 heterocycles. The Hall–Kier alpha value is 0.270. The first kappa shape index (κ1) is 8.85. The highest BCUT2D eigenvalue weighted by molar-refractivity contribution is 7.99. The maximum atomic E-state index is 9.39. The molecule has 0 saturated carbocycles. The van der Waals surface area contributed by atoms with Gasteiger partial charge >= 0.3 is 0 Å². The maximum absolute atomic E-state index is 9.39. The van der Waals surface area contributed by atoms with E-state index >= 15 is 0 Å². The van der Waals surface area contributed by atoms with E-state index in [-0.39, 0.29) is 5.54 Å². The zero-order valence-electron chi connectivity index (χ0n) is 7.62. The zero-order valence-corrected chi connectivity index (χ0v) is 8.44. The minimum Gasteiger partial charge on any atom is -0.394 e. The molecule has 0 amide bonds. The zero-order chi connectivity index (χ0) is 8.60. The molecule has 2 nitrogen and oxygen atoms in total. The van der Waals surface area contributed by atoms with Gasteiger partial charge in [-0.3, -0.25) is 4.90 Å². The van der Waals surface area contributed by atoms with E-state index in [2.05, 4.69) is 11.2 Å². The molecule has 0 radical (unpaired) electrons. The Kier molecular flexibility index (Phi) is 2.36. The number of aliphatic hydroxyl groups is 1. The molecular weight excluding hydrogens is 170 g/mol. The van der Waals surface area contributed by atoms with Gasteiger partial charge in [0.25, 0.3) is 0 Å². The first-order valence-electron chi connectivity index (χ1n) is 4.69. The molecule has 3 heteroatoms. The van der Waals surface area contributed by atoms with Crippen LogP contribution in [0.1, 0.15) is 19.3 Å². The second kappa shape index (κ2) is 3.20. The second-order valence-electron chi connectivity index (χ2n) is 3.99. The molecule has 2 saturated heterocycles. The molecule has 0 bridgehead atoms. The monoisotopic (exact) mass is 187 g/mol. The normalized spacial score (nSPS) is 42.0. The van der Waals surface area contributed by atoms with Crippen LogP contribution < -0.4 is 0 Å². The first-order chi connectivity index (χ1) is 5.80. The van der Waals surface area contributed by atoms with Crippen molar-refractivity contribution in [3.63, 3.8) is 0 Å². The quantitative estimate of drug-likeness (QED) is 0.696. The molecule has 1 N–H and O–H groups in total. The molecule has 2 aliphatic rings. The van der Waals surface area contributed by atoms with Gasteiger partial charge in [0.2, 0.25) is 0 Å². The van der Waals surface area contributed by atoms with Gasteiger partial charge in [-0.2, -0.15) is 11.8 Å². The molecule has 0 aliphatic carbocycles. The molecule has 0 spiro atoms. The fourth-order valence-corrected chi connectivity index (χ4v) is 3.45. The van der Waals surface area contributed by atoms with Crippen LogP contribution in [0.25, 0.3) is 0 Å². The summed E-state index contributed by atoms with van der Waals surface area (Å²) < 4.78 is 0. The second-order valence-corrected chi connectivity index (χ2v) is 5.13. The van der Waals surface area contributed by atoms with Gasteiger partial charge in [0.1, 0.15) is 0 Å². The largest absolute Gasteiger partial charge is 0.394 e. The Balaban J connectivity index is 2.09. The molecule has 2 atom stereocenters. The van der Waals surface area contributed by atoms with Crippen molar-refractivity contribution in [2.75, 3.05) is 26.0 Å². The van der Waals surface area contributed by atoms with E-state index in [0.717, 1.165) is 5.25 Å². The molecule has 0 aromatic carbocycles. The van der Waals surface area contributed by atoms with Crippen LogP contribution in [-0.4, -0.2) is 46.7 Å². The van der Waals surface area contributed by atoms with E-state index in [1.54, 1.807) is 0 Å². The van der Waals surface area contributed by atoms with E-state index in [0.29, 0.717) is 6.61 Å². The van der Waals surface area contributed by atoms with Crippen LogP contribution >= 0.6 is 11.8 Å². The molecule has 2 fully saturated rings. The fourth-order valence-electron chi connectivity index (χ4n) is 2.65. The lowest BCUT2D eigenvalue weighted by atomic mass is 9.95. The third-order valence-corrected chi connectivity index (χ3v) is 4.38. The van der Waals surface area contributed by atoms with Crippen LogP contribution in [0.5, 0.6) is 0 Å². The van der Waals surface area contributed by atoms with E-state index in [4.69, 9.17) is 0 Å². The molecular formula is C9H17NOS. The molecule has 70 valence electrons. The molecule has 0 aromatic heterocycles. The minimum absolute atomic E-state index is 0.188. The van der Waals surface area contributed by atoms with Crippen molar-refractivity contribution in [3.05, 3.63) is 0 Å². The summed E-state index contributed by atoms with van der Waals surface area (Å²) in [5.74, 6) is 0. The molecule has 0 unspecified atom stereocenters. The SMILES string of the molecule is CS[C@@H]1CN2CCC[C@]2(CO)C1. The average molecular weight is 187 g/mol. The highest BCUT2D eigenvalue weighted by Gasteiger charge is 2.47. The maximum Gasteiger partial charge on any atom is 0.0615 e. The number of nitrogens with zero attached hydrogens (tertiary/aromatic N) is 1. The van der Waals surface area contributed by atoms with Crippen LogP contribution in [0.2, 0.25) is 0 Å². The van der Waals surface area contributed by atoms with Gasteiger partial charge in [0, 0.05) is 17.3 Å². The lowest BCUT2D eigenvalue weighted by Gasteiger charge is -2.29. The summed E-state index contributed by atoms with van der Waals surface area (Å²) in [5, 5.41) is 10.2. The number of hydrogen-bond acceptors (Lipinski definition) is 3. The van der Waals surface area contributed by atoms with Gasteiger partial charge in [-0.15, -0.1) is 0 Å². The smallest absolute Gasteiger partial charge is 0.0615 e. The third kappa shape index (κ3) is 1.19. The summed E-state index contributed by atoms with van der Waals surface area (Å²) in [6.07, 6.45) is 5.87. The van der Waals surface area contributed by atoms with Gasteiger partial charge in [-0.1, -0.05) is 0 Å². The number of thioether (sulfide) groups is 1. The van der Waals surface area contributed by atoms with E-state index in [1.165, 1.54) is 32.4 Å². The Bertz CT molecular complexity index is 176. The first-order valence-corrected chi connectivity index (χ1v) is 5.98. The van der Waals surface area contributed by atoms with Crippen molar-refractivity contribution in [3.8, 4) is 0 Å². The number of hydrogen-bond donors (Lipinski definition) is 1. The summed E-state index contributed by atoms with van der Waals surface area (Å²) >= 11 is 1.95. The van der Waals surface area contributed by atoms with E-state index < -0.39 is 0 Å². The van der Waals surface area contributed by atoms with Crippen LogP contribution in [-0.2, 0) is 0 Å². The highest BCUT2D eigenvalue weighted by Crippen LogP contribution is 2.41. The topological polar surface area (TPSA) is 23.5 Å². The van der Waals surface area contributed by atoms with E-state index in [9.17, 15) is 5.11 Å². The summed E-state index contributed by atoms with van der Waals surface area (Å²) in [6.45, 7) is 2.77. The van der Waals surface area contributed by atoms with E-state index in [1.807, 2.05) is 11.8 Å². The summed E-state index contributed by atoms with van der Waals surface area (Å²) in [6, 6.07) is 0. The Labute approximate surface area is 78.3 Å². The number of aliphatic hydroxyl groups excluding tert-OH is 1. The summed E-state index contributed by atoms with van der Waals surface area (Å²) in [4.78, 5) is 2.49. The molecule has 0 aromatic rings. The van der Waals surface area contributed by atoms with Crippen LogP contribution in [0.3, 0.4) is 0 Å². The highest BCUT2D eigenvalue weighted by atomic mass is 32.2. The van der Waals surface area contributed by atoms with Crippen molar-refractivity contribution in [2.24, 2.45) is 0 Å². The predicted octanol–water partition coefficient (Wildman–Crippen LogP) is 0.949.